The van der Waals surface area contributed by atoms with Gasteiger partial charge in [0.15, 0.2) is 0 Å². The summed E-state index contributed by atoms with van der Waals surface area (Å²) in [6.07, 6.45) is 2.35. The molecule has 0 aliphatic rings. The van der Waals surface area contributed by atoms with Crippen LogP contribution in [0.4, 0.5) is 0 Å². The van der Waals surface area contributed by atoms with Crippen molar-refractivity contribution < 1.29 is 9.26 Å². The first-order chi connectivity index (χ1) is 7.85. The highest BCUT2D eigenvalue weighted by molar-refractivity contribution is 5.66. The van der Waals surface area contributed by atoms with Crippen molar-refractivity contribution in [1.29, 1.82) is 0 Å². The molecule has 0 amide bonds. The lowest BCUT2D eigenvalue weighted by atomic mass is 10.0. The monoisotopic (exact) mass is 218 g/mol. The van der Waals surface area contributed by atoms with Crippen molar-refractivity contribution in [2.45, 2.75) is 6.42 Å². The van der Waals surface area contributed by atoms with Gasteiger partial charge >= 0.3 is 0 Å². The Morgan fingerprint density at radius 2 is 2.31 bits per heavy atom. The molecular weight excluding hydrogens is 204 g/mol. The maximum absolute atomic E-state index is 5.52. The van der Waals surface area contributed by atoms with Crippen LogP contribution in [0.2, 0.25) is 0 Å². The second-order valence-corrected chi connectivity index (χ2v) is 3.45. The molecule has 1 aromatic carbocycles. The summed E-state index contributed by atoms with van der Waals surface area (Å²) in [5, 5.41) is 3.94. The van der Waals surface area contributed by atoms with Crippen LogP contribution >= 0.6 is 0 Å². The van der Waals surface area contributed by atoms with Crippen LogP contribution in [-0.2, 0) is 6.42 Å². The summed E-state index contributed by atoms with van der Waals surface area (Å²) >= 11 is 0. The highest BCUT2D eigenvalue weighted by Crippen LogP contribution is 2.26. The predicted octanol–water partition coefficient (Wildman–Crippen LogP) is 1.85. The molecule has 4 nitrogen and oxygen atoms in total. The number of rotatable bonds is 4. The predicted molar refractivity (Wildman–Crippen MR) is 61.2 cm³/mol. The Morgan fingerprint density at radius 1 is 1.44 bits per heavy atom. The Balaban J connectivity index is 2.37. The summed E-state index contributed by atoms with van der Waals surface area (Å²) in [6, 6.07) is 7.79. The normalized spacial score (nSPS) is 10.4. The summed E-state index contributed by atoms with van der Waals surface area (Å²) in [4.78, 5) is 0. The van der Waals surface area contributed by atoms with Crippen molar-refractivity contribution in [2.24, 2.45) is 5.73 Å². The molecule has 84 valence electrons. The molecule has 1 heterocycles. The summed E-state index contributed by atoms with van der Waals surface area (Å²) in [5.41, 5.74) is 8.41. The van der Waals surface area contributed by atoms with E-state index in [0.717, 1.165) is 22.6 Å². The first kappa shape index (κ1) is 10.7. The molecule has 1 aromatic heterocycles. The van der Waals surface area contributed by atoms with Crippen LogP contribution in [0.15, 0.2) is 35.1 Å². The minimum atomic E-state index is 0.559. The number of benzene rings is 1. The van der Waals surface area contributed by atoms with Crippen LogP contribution in [0, 0.1) is 0 Å². The number of nitrogens with two attached hydrogens (primary N) is 1. The second-order valence-electron chi connectivity index (χ2n) is 3.45. The van der Waals surface area contributed by atoms with E-state index in [1.807, 2.05) is 24.3 Å². The van der Waals surface area contributed by atoms with E-state index >= 15 is 0 Å². The van der Waals surface area contributed by atoms with Crippen molar-refractivity contribution in [3.63, 3.8) is 0 Å². The molecule has 2 rings (SSSR count). The minimum Gasteiger partial charge on any atom is -0.497 e. The van der Waals surface area contributed by atoms with Gasteiger partial charge < -0.3 is 15.0 Å². The molecule has 0 aliphatic heterocycles. The SMILES string of the molecule is COc1cccc(-c2conc2CCN)c1. The topological polar surface area (TPSA) is 61.3 Å². The van der Waals surface area contributed by atoms with Crippen LogP contribution in [0.3, 0.4) is 0 Å². The number of nitrogens with zero attached hydrogens (tertiary/aromatic N) is 1. The van der Waals surface area contributed by atoms with Gasteiger partial charge in [-0.3, -0.25) is 0 Å². The van der Waals surface area contributed by atoms with Gasteiger partial charge in [0.1, 0.15) is 12.0 Å². The fourth-order valence-corrected chi connectivity index (χ4v) is 1.60. The van der Waals surface area contributed by atoms with E-state index in [1.165, 1.54) is 0 Å². The first-order valence-corrected chi connectivity index (χ1v) is 5.13. The second kappa shape index (κ2) is 4.81. The number of ether oxygens (including phenoxy) is 1. The van der Waals surface area contributed by atoms with Gasteiger partial charge in [-0.1, -0.05) is 17.3 Å². The van der Waals surface area contributed by atoms with Gasteiger partial charge in [-0.15, -0.1) is 0 Å². The molecule has 0 atom stereocenters. The first-order valence-electron chi connectivity index (χ1n) is 5.13. The molecular formula is C12H14N2O2. The van der Waals surface area contributed by atoms with E-state index in [4.69, 9.17) is 15.0 Å². The van der Waals surface area contributed by atoms with E-state index in [1.54, 1.807) is 13.4 Å². The smallest absolute Gasteiger partial charge is 0.131 e. The molecule has 0 spiro atoms. The molecule has 16 heavy (non-hydrogen) atoms. The van der Waals surface area contributed by atoms with E-state index in [0.29, 0.717) is 13.0 Å². The van der Waals surface area contributed by atoms with Crippen LogP contribution in [0.1, 0.15) is 5.69 Å². The molecule has 2 N–H and O–H groups in total. The highest BCUT2D eigenvalue weighted by Gasteiger charge is 2.09. The molecule has 4 heteroatoms. The highest BCUT2D eigenvalue weighted by atomic mass is 16.5. The van der Waals surface area contributed by atoms with Gasteiger partial charge in [0, 0.05) is 12.0 Å². The molecule has 2 aromatic rings. The minimum absolute atomic E-state index is 0.559. The molecule has 0 radical (unpaired) electrons. The van der Waals surface area contributed by atoms with Crippen molar-refractivity contribution in [3.8, 4) is 16.9 Å². The maximum Gasteiger partial charge on any atom is 0.131 e. The third kappa shape index (κ3) is 2.06. The lowest BCUT2D eigenvalue weighted by Gasteiger charge is -2.03. The van der Waals surface area contributed by atoms with Gasteiger partial charge in [-0.25, -0.2) is 0 Å². The third-order valence-electron chi connectivity index (χ3n) is 2.41. The lowest BCUT2D eigenvalue weighted by molar-refractivity contribution is 0.412. The third-order valence-corrected chi connectivity index (χ3v) is 2.41. The zero-order chi connectivity index (χ0) is 11.4. The van der Waals surface area contributed by atoms with Gasteiger partial charge in [0.2, 0.25) is 0 Å². The van der Waals surface area contributed by atoms with E-state index < -0.39 is 0 Å². The van der Waals surface area contributed by atoms with E-state index in [-0.39, 0.29) is 0 Å². The van der Waals surface area contributed by atoms with Gasteiger partial charge in [0.25, 0.3) is 0 Å². The van der Waals surface area contributed by atoms with E-state index in [9.17, 15) is 0 Å². The van der Waals surface area contributed by atoms with Gasteiger partial charge in [-0.2, -0.15) is 0 Å². The quantitative estimate of drug-likeness (QED) is 0.850. The van der Waals surface area contributed by atoms with Crippen molar-refractivity contribution in [1.82, 2.24) is 5.16 Å². The summed E-state index contributed by atoms with van der Waals surface area (Å²) < 4.78 is 10.2. The molecule has 0 fully saturated rings. The summed E-state index contributed by atoms with van der Waals surface area (Å²) in [7, 11) is 1.65. The van der Waals surface area contributed by atoms with Crippen LogP contribution in [0.25, 0.3) is 11.1 Å². The molecule has 0 saturated carbocycles. The number of methoxy groups -OCH3 is 1. The zero-order valence-corrected chi connectivity index (χ0v) is 9.14. The Bertz CT molecular complexity index is 466. The Labute approximate surface area is 94.0 Å². The summed E-state index contributed by atoms with van der Waals surface area (Å²) in [5.74, 6) is 0.817. The molecule has 0 saturated heterocycles. The van der Waals surface area contributed by atoms with Crippen LogP contribution in [0.5, 0.6) is 5.75 Å². The zero-order valence-electron chi connectivity index (χ0n) is 9.14. The maximum atomic E-state index is 5.52. The fraction of sp³-hybridized carbons (Fsp3) is 0.250. The van der Waals surface area contributed by atoms with Crippen LogP contribution in [-0.4, -0.2) is 18.8 Å². The Morgan fingerprint density at radius 3 is 3.06 bits per heavy atom. The average Bonchev–Trinajstić information content (AvgIpc) is 2.78. The fourth-order valence-electron chi connectivity index (χ4n) is 1.60. The largest absolute Gasteiger partial charge is 0.497 e. The number of hydrogen-bond donors (Lipinski definition) is 1. The molecule has 0 unspecified atom stereocenters. The standard InChI is InChI=1S/C12H14N2O2/c1-15-10-4-2-3-9(7-10)11-8-16-14-12(11)5-6-13/h2-4,7-8H,5-6,13H2,1H3. The molecule has 0 aliphatic carbocycles. The average molecular weight is 218 g/mol. The summed E-state index contributed by atoms with van der Waals surface area (Å²) in [6.45, 7) is 0.559. The molecule has 0 bridgehead atoms. The lowest BCUT2D eigenvalue weighted by Crippen LogP contribution is -2.03. The Kier molecular flexibility index (Phi) is 3.22. The van der Waals surface area contributed by atoms with Gasteiger partial charge in [0.05, 0.1) is 12.8 Å². The number of aromatic nitrogens is 1. The van der Waals surface area contributed by atoms with Crippen molar-refractivity contribution in [2.75, 3.05) is 13.7 Å². The van der Waals surface area contributed by atoms with Crippen molar-refractivity contribution in [3.05, 3.63) is 36.2 Å². The van der Waals surface area contributed by atoms with Crippen molar-refractivity contribution >= 4 is 0 Å². The number of hydrogen-bond acceptors (Lipinski definition) is 4. The Hall–Kier alpha value is -1.81. The van der Waals surface area contributed by atoms with Gasteiger partial charge in [-0.05, 0) is 24.2 Å². The van der Waals surface area contributed by atoms with Crippen LogP contribution < -0.4 is 10.5 Å². The van der Waals surface area contributed by atoms with E-state index in [2.05, 4.69) is 5.16 Å².